The summed E-state index contributed by atoms with van der Waals surface area (Å²) in [5, 5.41) is 10.6. The van der Waals surface area contributed by atoms with Crippen LogP contribution >= 0.6 is 0 Å². The average molecular weight is 482 g/mol. The molecule has 0 saturated heterocycles. The summed E-state index contributed by atoms with van der Waals surface area (Å²) in [6.07, 6.45) is 0.710. The molecule has 3 aromatic rings. The van der Waals surface area contributed by atoms with Crippen LogP contribution in [0, 0.1) is 0 Å². The van der Waals surface area contributed by atoms with Crippen molar-refractivity contribution in [3.8, 4) is 17.2 Å². The van der Waals surface area contributed by atoms with Crippen molar-refractivity contribution < 1.29 is 32.4 Å². The van der Waals surface area contributed by atoms with Crippen LogP contribution in [0.15, 0.2) is 53.4 Å². The fraction of sp³-hybridized carbons (Fsp3) is 0.200. The van der Waals surface area contributed by atoms with Crippen LogP contribution in [-0.4, -0.2) is 29.6 Å². The molecule has 0 fully saturated rings. The zero-order valence-corrected chi connectivity index (χ0v) is 19.6. The lowest BCUT2D eigenvalue weighted by Gasteiger charge is -2.25. The Kier molecular flexibility index (Phi) is 5.50. The molecular formula is C25H23NO7S. The minimum absolute atomic E-state index is 0.132. The van der Waals surface area contributed by atoms with Crippen molar-refractivity contribution in [3.63, 3.8) is 0 Å². The molecule has 1 aliphatic rings. The lowest BCUT2D eigenvalue weighted by molar-refractivity contribution is 0.0977. The molecule has 34 heavy (non-hydrogen) atoms. The Morgan fingerprint density at radius 3 is 2.09 bits per heavy atom. The van der Waals surface area contributed by atoms with Crippen LogP contribution in [-0.2, 0) is 15.5 Å². The third-order valence-electron chi connectivity index (χ3n) is 6.29. The summed E-state index contributed by atoms with van der Waals surface area (Å²) >= 11 is 0. The molecule has 176 valence electrons. The van der Waals surface area contributed by atoms with Crippen molar-refractivity contribution in [2.75, 3.05) is 5.73 Å². The van der Waals surface area contributed by atoms with Gasteiger partial charge in [0, 0.05) is 17.2 Å². The van der Waals surface area contributed by atoms with E-state index in [1.165, 1.54) is 24.3 Å². The fourth-order valence-electron chi connectivity index (χ4n) is 3.90. The highest BCUT2D eigenvalue weighted by atomic mass is 32.2. The highest BCUT2D eigenvalue weighted by Gasteiger charge is 2.35. The van der Waals surface area contributed by atoms with Gasteiger partial charge in [-0.15, -0.1) is 0 Å². The number of nitrogen functional groups attached to an aromatic ring is 1. The zero-order chi connectivity index (χ0) is 25.0. The van der Waals surface area contributed by atoms with Crippen molar-refractivity contribution in [2.24, 2.45) is 0 Å². The van der Waals surface area contributed by atoms with Gasteiger partial charge in [-0.25, -0.2) is 0 Å². The molecule has 3 aromatic carbocycles. The molecule has 0 bridgehead atoms. The third kappa shape index (κ3) is 3.72. The van der Waals surface area contributed by atoms with Crippen LogP contribution in [0.5, 0.6) is 17.2 Å². The van der Waals surface area contributed by atoms with E-state index in [2.05, 4.69) is 0 Å². The van der Waals surface area contributed by atoms with Crippen LogP contribution in [0.2, 0.25) is 0 Å². The number of carbonyl (C=O) groups is 2. The maximum atomic E-state index is 13.1. The third-order valence-corrected chi connectivity index (χ3v) is 7.16. The lowest BCUT2D eigenvalue weighted by Crippen LogP contribution is -2.22. The number of anilines is 1. The number of fused-ring (bicyclic) bond motifs is 2. The predicted molar refractivity (Wildman–Crippen MR) is 125 cm³/mol. The molecule has 1 aliphatic carbocycles. The number of nitrogens with two attached hydrogens (primary N) is 1. The Bertz CT molecular complexity index is 1470. The van der Waals surface area contributed by atoms with Crippen molar-refractivity contribution in [3.05, 3.63) is 76.3 Å². The molecule has 9 heteroatoms. The van der Waals surface area contributed by atoms with Gasteiger partial charge in [-0.3, -0.25) is 14.1 Å². The number of carbonyl (C=O) groups excluding carboxylic acids is 2. The summed E-state index contributed by atoms with van der Waals surface area (Å²) in [7, 11) is -4.69. The van der Waals surface area contributed by atoms with Crippen molar-refractivity contribution >= 4 is 27.4 Å². The van der Waals surface area contributed by atoms with Gasteiger partial charge < -0.3 is 15.6 Å². The summed E-state index contributed by atoms with van der Waals surface area (Å²) in [5.74, 6) is -2.16. The smallest absolute Gasteiger partial charge is 0.298 e. The quantitative estimate of drug-likeness (QED) is 0.215. The number of benzene rings is 3. The number of hydrogen-bond donors (Lipinski definition) is 3. The normalized spacial score (nSPS) is 13.4. The summed E-state index contributed by atoms with van der Waals surface area (Å²) < 4.78 is 39.8. The Labute approximate surface area is 196 Å². The maximum Gasteiger partial charge on any atom is 0.298 e. The molecule has 0 aromatic heterocycles. The second kappa shape index (κ2) is 7.96. The number of phenols is 1. The summed E-state index contributed by atoms with van der Waals surface area (Å²) in [6, 6.07) is 11.6. The Morgan fingerprint density at radius 1 is 0.941 bits per heavy atom. The topological polar surface area (TPSA) is 144 Å². The van der Waals surface area contributed by atoms with Gasteiger partial charge in [-0.1, -0.05) is 51.1 Å². The van der Waals surface area contributed by atoms with Gasteiger partial charge in [-0.2, -0.15) is 8.42 Å². The fourth-order valence-corrected chi connectivity index (χ4v) is 4.54. The summed E-state index contributed by atoms with van der Waals surface area (Å²) in [5.41, 5.74) is 6.04. The van der Waals surface area contributed by atoms with Gasteiger partial charge >= 0.3 is 0 Å². The first-order valence-corrected chi connectivity index (χ1v) is 11.9. The Morgan fingerprint density at radius 2 is 1.53 bits per heavy atom. The first-order chi connectivity index (χ1) is 15.9. The zero-order valence-electron chi connectivity index (χ0n) is 18.7. The summed E-state index contributed by atoms with van der Waals surface area (Å²) in [4.78, 5) is 25.5. The predicted octanol–water partition coefficient (Wildman–Crippen LogP) is 4.48. The van der Waals surface area contributed by atoms with E-state index >= 15 is 0 Å². The molecule has 0 heterocycles. The number of hydrogen-bond acceptors (Lipinski definition) is 7. The van der Waals surface area contributed by atoms with Gasteiger partial charge in [0.1, 0.15) is 16.4 Å². The molecule has 0 atom stereocenters. The Balaban J connectivity index is 1.87. The van der Waals surface area contributed by atoms with Crippen molar-refractivity contribution in [1.29, 1.82) is 0 Å². The highest BCUT2D eigenvalue weighted by Crippen LogP contribution is 2.44. The molecule has 0 unspecified atom stereocenters. The van der Waals surface area contributed by atoms with E-state index in [9.17, 15) is 27.7 Å². The van der Waals surface area contributed by atoms with E-state index in [-0.39, 0.29) is 44.9 Å². The van der Waals surface area contributed by atoms with Gasteiger partial charge in [0.15, 0.2) is 17.3 Å². The van der Waals surface area contributed by atoms with Crippen LogP contribution in [0.25, 0.3) is 0 Å². The minimum atomic E-state index is -4.69. The number of phenolic OH excluding ortho intramolecular Hbond substituents is 1. The second-order valence-corrected chi connectivity index (χ2v) is 10.1. The standard InChI is InChI=1S/C25H23NO7S/c1-4-25(2,3)13-9-10-17(19(11-13)34(30,31)32)33-18-12-16(27)20-21(22(18)26)24(29)15-8-6-5-7-14(15)23(20)28/h5-12,27H,4,26H2,1-3H3,(H,30,31,32). The van der Waals surface area contributed by atoms with Crippen LogP contribution in [0.4, 0.5) is 5.69 Å². The van der Waals surface area contributed by atoms with Crippen molar-refractivity contribution in [1.82, 2.24) is 0 Å². The largest absolute Gasteiger partial charge is 0.507 e. The van der Waals surface area contributed by atoms with E-state index in [4.69, 9.17) is 10.5 Å². The molecule has 0 amide bonds. The van der Waals surface area contributed by atoms with Crippen LogP contribution in [0.1, 0.15) is 64.6 Å². The van der Waals surface area contributed by atoms with Gasteiger partial charge in [0.2, 0.25) is 0 Å². The monoisotopic (exact) mass is 481 g/mol. The number of rotatable bonds is 5. The van der Waals surface area contributed by atoms with Gasteiger partial charge in [-0.05, 0) is 29.5 Å². The molecule has 0 saturated carbocycles. The second-order valence-electron chi connectivity index (χ2n) is 8.74. The van der Waals surface area contributed by atoms with Crippen LogP contribution in [0.3, 0.4) is 0 Å². The van der Waals surface area contributed by atoms with Gasteiger partial charge in [0.25, 0.3) is 10.1 Å². The minimum Gasteiger partial charge on any atom is -0.507 e. The summed E-state index contributed by atoms with van der Waals surface area (Å²) in [6.45, 7) is 5.80. The number of ether oxygens (including phenoxy) is 1. The van der Waals surface area contributed by atoms with E-state index in [0.29, 0.717) is 12.0 Å². The molecular weight excluding hydrogens is 458 g/mol. The average Bonchev–Trinajstić information content (AvgIpc) is 2.79. The van der Waals surface area contributed by atoms with Crippen LogP contribution < -0.4 is 10.5 Å². The SMILES string of the molecule is CCC(C)(C)c1ccc(Oc2cc(O)c3c(c2N)C(=O)c2ccccc2C3=O)c(S(=O)(=O)O)c1. The van der Waals surface area contributed by atoms with E-state index in [1.807, 2.05) is 20.8 Å². The lowest BCUT2D eigenvalue weighted by atomic mass is 9.82. The first-order valence-electron chi connectivity index (χ1n) is 10.5. The molecule has 0 radical (unpaired) electrons. The molecule has 0 aliphatic heterocycles. The van der Waals surface area contributed by atoms with Crippen molar-refractivity contribution in [2.45, 2.75) is 37.5 Å². The van der Waals surface area contributed by atoms with Gasteiger partial charge in [0.05, 0.1) is 16.8 Å². The molecule has 8 nitrogen and oxygen atoms in total. The highest BCUT2D eigenvalue weighted by molar-refractivity contribution is 7.86. The molecule has 4 rings (SSSR count). The molecule has 0 spiro atoms. The number of ketones is 2. The Hall–Kier alpha value is -3.69. The maximum absolute atomic E-state index is 13.1. The molecule has 4 N–H and O–H groups in total. The van der Waals surface area contributed by atoms with E-state index < -0.39 is 32.3 Å². The van der Waals surface area contributed by atoms with E-state index in [0.717, 1.165) is 6.07 Å². The van der Waals surface area contributed by atoms with E-state index in [1.54, 1.807) is 18.2 Å². The first kappa shape index (κ1) is 23.5. The number of aromatic hydroxyl groups is 1.